The van der Waals surface area contributed by atoms with Gasteiger partial charge in [-0.2, -0.15) is 0 Å². The maximum Gasteiger partial charge on any atom is 0.0372 e. The van der Waals surface area contributed by atoms with Crippen LogP contribution in [0.15, 0.2) is 27.6 Å². The molecule has 0 bridgehead atoms. The van der Waals surface area contributed by atoms with E-state index >= 15 is 0 Å². The molecule has 1 nitrogen and oxygen atoms in total. The van der Waals surface area contributed by atoms with Gasteiger partial charge in [0.15, 0.2) is 0 Å². The minimum Gasteiger partial charge on any atom is -0.263 e. The smallest absolute Gasteiger partial charge is 0.0372 e. The Bertz CT molecular complexity index is 250. The van der Waals surface area contributed by atoms with E-state index in [2.05, 4.69) is 45.8 Å². The zero-order valence-corrected chi connectivity index (χ0v) is 8.92. The van der Waals surface area contributed by atoms with E-state index in [1.807, 2.05) is 7.05 Å². The molecular weight excluding hydrogens is 222 g/mol. The molecule has 0 fully saturated rings. The van der Waals surface area contributed by atoms with Crippen LogP contribution in [-0.2, 0) is 0 Å². The first-order chi connectivity index (χ1) is 5.24. The SMILES string of the molecule is CNSc1cc(C)ccc1Br. The van der Waals surface area contributed by atoms with Crippen molar-refractivity contribution < 1.29 is 0 Å². The topological polar surface area (TPSA) is 12.0 Å². The minimum atomic E-state index is 1.14. The van der Waals surface area contributed by atoms with Gasteiger partial charge in [0, 0.05) is 9.37 Å². The number of benzene rings is 1. The van der Waals surface area contributed by atoms with Gasteiger partial charge in [0.25, 0.3) is 0 Å². The average molecular weight is 232 g/mol. The molecule has 0 radical (unpaired) electrons. The average Bonchev–Trinajstić information content (AvgIpc) is 1.98. The highest BCUT2D eigenvalue weighted by Gasteiger charge is 1.98. The van der Waals surface area contributed by atoms with Gasteiger partial charge >= 0.3 is 0 Å². The lowest BCUT2D eigenvalue weighted by Gasteiger charge is -2.02. The summed E-state index contributed by atoms with van der Waals surface area (Å²) in [5.41, 5.74) is 1.28. The van der Waals surface area contributed by atoms with E-state index in [0.717, 1.165) is 4.47 Å². The number of halogens is 1. The molecule has 0 spiro atoms. The summed E-state index contributed by atoms with van der Waals surface area (Å²) in [5.74, 6) is 0. The molecule has 1 aromatic carbocycles. The molecule has 0 saturated carbocycles. The highest BCUT2D eigenvalue weighted by molar-refractivity contribution is 9.10. The molecule has 0 aliphatic rings. The number of rotatable bonds is 2. The zero-order valence-electron chi connectivity index (χ0n) is 6.52. The molecule has 1 aromatic rings. The van der Waals surface area contributed by atoms with Crippen LogP contribution in [0.5, 0.6) is 0 Å². The maximum absolute atomic E-state index is 3.47. The second-order valence-electron chi connectivity index (χ2n) is 2.24. The second-order valence-corrected chi connectivity index (χ2v) is 4.15. The first-order valence-corrected chi connectivity index (χ1v) is 4.94. The van der Waals surface area contributed by atoms with Crippen molar-refractivity contribution in [1.29, 1.82) is 0 Å². The van der Waals surface area contributed by atoms with Crippen LogP contribution in [0.2, 0.25) is 0 Å². The molecule has 3 heteroatoms. The Morgan fingerprint density at radius 2 is 2.18 bits per heavy atom. The van der Waals surface area contributed by atoms with Crippen molar-refractivity contribution in [3.63, 3.8) is 0 Å². The first kappa shape index (κ1) is 9.10. The molecule has 11 heavy (non-hydrogen) atoms. The fourth-order valence-corrected chi connectivity index (χ4v) is 1.92. The molecule has 1 rings (SSSR count). The molecular formula is C8H10BrNS. The molecule has 0 heterocycles. The van der Waals surface area contributed by atoms with Gasteiger partial charge in [-0.05, 0) is 59.5 Å². The van der Waals surface area contributed by atoms with Gasteiger partial charge < -0.3 is 0 Å². The predicted octanol–water partition coefficient (Wildman–Crippen LogP) is 2.98. The molecule has 0 aliphatic carbocycles. The van der Waals surface area contributed by atoms with Gasteiger partial charge in [-0.1, -0.05) is 6.07 Å². The third-order valence-corrected chi connectivity index (χ3v) is 3.01. The van der Waals surface area contributed by atoms with Crippen LogP contribution in [0.25, 0.3) is 0 Å². The number of hydrogen-bond acceptors (Lipinski definition) is 2. The Hall–Kier alpha value is 0.01000. The predicted molar refractivity (Wildman–Crippen MR) is 53.8 cm³/mol. The van der Waals surface area contributed by atoms with Crippen LogP contribution in [0.1, 0.15) is 5.56 Å². The lowest BCUT2D eigenvalue weighted by molar-refractivity contribution is 1.25. The Balaban J connectivity index is 2.93. The van der Waals surface area contributed by atoms with Gasteiger partial charge in [0.1, 0.15) is 0 Å². The molecule has 1 N–H and O–H groups in total. The number of hydrogen-bond donors (Lipinski definition) is 1. The van der Waals surface area contributed by atoms with Crippen molar-refractivity contribution in [2.45, 2.75) is 11.8 Å². The van der Waals surface area contributed by atoms with E-state index in [-0.39, 0.29) is 0 Å². The molecule has 0 saturated heterocycles. The van der Waals surface area contributed by atoms with E-state index < -0.39 is 0 Å². The summed E-state index contributed by atoms with van der Waals surface area (Å²) in [5, 5.41) is 0. The van der Waals surface area contributed by atoms with Crippen molar-refractivity contribution >= 4 is 27.9 Å². The van der Waals surface area contributed by atoms with Crippen LogP contribution in [-0.4, -0.2) is 7.05 Å². The summed E-state index contributed by atoms with van der Waals surface area (Å²) in [7, 11) is 1.92. The van der Waals surface area contributed by atoms with Crippen molar-refractivity contribution in [2.75, 3.05) is 7.05 Å². The molecule has 0 aliphatic heterocycles. The Kier molecular flexibility index (Phi) is 3.43. The van der Waals surface area contributed by atoms with Crippen LogP contribution in [0.3, 0.4) is 0 Å². The summed E-state index contributed by atoms with van der Waals surface area (Å²) in [6, 6.07) is 6.30. The summed E-state index contributed by atoms with van der Waals surface area (Å²) in [4.78, 5) is 1.23. The lowest BCUT2D eigenvalue weighted by Crippen LogP contribution is -1.91. The number of aryl methyl sites for hydroxylation is 1. The van der Waals surface area contributed by atoms with Crippen molar-refractivity contribution in [3.8, 4) is 0 Å². The Morgan fingerprint density at radius 1 is 1.45 bits per heavy atom. The Labute approximate surface area is 79.8 Å². The third kappa shape index (κ3) is 2.51. The third-order valence-electron chi connectivity index (χ3n) is 1.30. The molecule has 0 amide bonds. The van der Waals surface area contributed by atoms with Gasteiger partial charge in [-0.25, -0.2) is 0 Å². The van der Waals surface area contributed by atoms with Crippen LogP contribution in [0.4, 0.5) is 0 Å². The fourth-order valence-electron chi connectivity index (χ4n) is 0.799. The maximum atomic E-state index is 3.47. The van der Waals surface area contributed by atoms with Gasteiger partial charge in [-0.3, -0.25) is 4.72 Å². The van der Waals surface area contributed by atoms with Crippen molar-refractivity contribution in [2.24, 2.45) is 0 Å². The minimum absolute atomic E-state index is 1.14. The van der Waals surface area contributed by atoms with Gasteiger partial charge in [-0.15, -0.1) is 0 Å². The van der Waals surface area contributed by atoms with Crippen molar-refractivity contribution in [3.05, 3.63) is 28.2 Å². The molecule has 0 unspecified atom stereocenters. The monoisotopic (exact) mass is 231 g/mol. The quantitative estimate of drug-likeness (QED) is 0.786. The summed E-state index contributed by atoms with van der Waals surface area (Å²) in [6.45, 7) is 2.09. The molecule has 0 atom stereocenters. The largest absolute Gasteiger partial charge is 0.263 e. The van der Waals surface area contributed by atoms with Crippen LogP contribution in [0, 0.1) is 6.92 Å². The van der Waals surface area contributed by atoms with Gasteiger partial charge in [0.2, 0.25) is 0 Å². The highest BCUT2D eigenvalue weighted by Crippen LogP contribution is 2.25. The fraction of sp³-hybridized carbons (Fsp3) is 0.250. The molecule has 60 valence electrons. The summed E-state index contributed by atoms with van der Waals surface area (Å²) < 4.78 is 4.18. The van der Waals surface area contributed by atoms with Crippen molar-refractivity contribution in [1.82, 2.24) is 4.72 Å². The highest BCUT2D eigenvalue weighted by atomic mass is 79.9. The van der Waals surface area contributed by atoms with E-state index in [1.165, 1.54) is 10.5 Å². The summed E-state index contributed by atoms with van der Waals surface area (Å²) >= 11 is 5.09. The van der Waals surface area contributed by atoms with E-state index in [9.17, 15) is 0 Å². The molecule has 0 aromatic heterocycles. The van der Waals surface area contributed by atoms with E-state index in [4.69, 9.17) is 0 Å². The van der Waals surface area contributed by atoms with Gasteiger partial charge in [0.05, 0.1) is 0 Å². The normalized spacial score (nSPS) is 10.1. The summed E-state index contributed by atoms with van der Waals surface area (Å²) in [6.07, 6.45) is 0. The van der Waals surface area contributed by atoms with E-state index in [1.54, 1.807) is 11.9 Å². The Morgan fingerprint density at radius 3 is 2.82 bits per heavy atom. The zero-order chi connectivity index (χ0) is 8.27. The van der Waals surface area contributed by atoms with Crippen LogP contribution >= 0.6 is 27.9 Å². The first-order valence-electron chi connectivity index (χ1n) is 3.34. The number of nitrogens with one attached hydrogen (secondary N) is 1. The second kappa shape index (κ2) is 4.14. The standard InChI is InChI=1S/C8H10BrNS/c1-6-3-4-7(9)8(5-6)11-10-2/h3-5,10H,1-2H3. The lowest BCUT2D eigenvalue weighted by atomic mass is 10.2. The van der Waals surface area contributed by atoms with Crippen LogP contribution < -0.4 is 4.72 Å². The van der Waals surface area contributed by atoms with E-state index in [0.29, 0.717) is 0 Å².